The fourth-order valence-electron chi connectivity index (χ4n) is 1.35. The maximum absolute atomic E-state index is 11.6. The summed E-state index contributed by atoms with van der Waals surface area (Å²) in [5.41, 5.74) is 9.14. The molecule has 0 radical (unpaired) electrons. The molecule has 0 spiro atoms. The van der Waals surface area contributed by atoms with Crippen LogP contribution in [0.15, 0.2) is 23.7 Å². The molecule has 0 saturated heterocycles. The van der Waals surface area contributed by atoms with E-state index < -0.39 is 6.04 Å². The van der Waals surface area contributed by atoms with Crippen LogP contribution in [0.5, 0.6) is 0 Å². The van der Waals surface area contributed by atoms with Gasteiger partial charge in [-0.3, -0.25) is 4.79 Å². The standard InChI is InChI=1S/C11H13N3OS.ClH/c1-2-8(12)11(15)14-7-3-4-9-10(5-7)16-6-13-9;/h3-6,8H,2,12H2,1H3,(H,14,15);1H/t8-;/m0./s1. The monoisotopic (exact) mass is 271 g/mol. The molecule has 0 aliphatic rings. The molecule has 1 aromatic heterocycles. The second-order valence-electron chi connectivity index (χ2n) is 3.54. The third-order valence-electron chi connectivity index (χ3n) is 2.38. The molecule has 0 aliphatic heterocycles. The summed E-state index contributed by atoms with van der Waals surface area (Å²) in [4.78, 5) is 15.7. The highest BCUT2D eigenvalue weighted by Crippen LogP contribution is 2.21. The van der Waals surface area contributed by atoms with Gasteiger partial charge in [-0.1, -0.05) is 6.92 Å². The number of amides is 1. The van der Waals surface area contributed by atoms with Crippen molar-refractivity contribution in [2.45, 2.75) is 19.4 Å². The first-order valence-electron chi connectivity index (χ1n) is 5.10. The Hall–Kier alpha value is -1.17. The number of benzene rings is 1. The molecule has 1 heterocycles. The van der Waals surface area contributed by atoms with Crippen molar-refractivity contribution in [3.05, 3.63) is 23.7 Å². The van der Waals surface area contributed by atoms with Gasteiger partial charge in [-0.25, -0.2) is 4.98 Å². The molecule has 1 amide bonds. The van der Waals surface area contributed by atoms with Gasteiger partial charge in [-0.05, 0) is 24.6 Å². The first kappa shape index (κ1) is 13.9. The Bertz CT molecular complexity index is 514. The van der Waals surface area contributed by atoms with E-state index in [9.17, 15) is 4.79 Å². The number of thiazole rings is 1. The maximum atomic E-state index is 11.6. The first-order chi connectivity index (χ1) is 7.70. The van der Waals surface area contributed by atoms with Crippen LogP contribution in [0.4, 0.5) is 5.69 Å². The highest BCUT2D eigenvalue weighted by Gasteiger charge is 2.11. The van der Waals surface area contributed by atoms with Crippen molar-refractivity contribution in [3.63, 3.8) is 0 Å². The average molecular weight is 272 g/mol. The summed E-state index contributed by atoms with van der Waals surface area (Å²) in [5.74, 6) is -0.147. The molecule has 0 aliphatic carbocycles. The fraction of sp³-hybridized carbons (Fsp3) is 0.273. The van der Waals surface area contributed by atoms with E-state index >= 15 is 0 Å². The number of fused-ring (bicyclic) bond motifs is 1. The smallest absolute Gasteiger partial charge is 0.241 e. The minimum atomic E-state index is -0.447. The molecule has 1 atom stereocenters. The highest BCUT2D eigenvalue weighted by molar-refractivity contribution is 7.16. The summed E-state index contributed by atoms with van der Waals surface area (Å²) in [6, 6.07) is 5.19. The molecule has 17 heavy (non-hydrogen) atoms. The number of carbonyl (C=O) groups is 1. The van der Waals surface area contributed by atoms with Gasteiger partial charge in [-0.2, -0.15) is 0 Å². The van der Waals surface area contributed by atoms with E-state index in [2.05, 4.69) is 10.3 Å². The number of carbonyl (C=O) groups excluding carboxylic acids is 1. The number of nitrogens with zero attached hydrogens (tertiary/aromatic N) is 1. The van der Waals surface area contributed by atoms with E-state index in [1.165, 1.54) is 0 Å². The van der Waals surface area contributed by atoms with E-state index in [4.69, 9.17) is 5.73 Å². The molecule has 4 nitrogen and oxygen atoms in total. The van der Waals surface area contributed by atoms with Crippen LogP contribution in [0, 0.1) is 0 Å². The summed E-state index contributed by atoms with van der Waals surface area (Å²) in [6.45, 7) is 1.89. The Morgan fingerprint density at radius 1 is 1.59 bits per heavy atom. The molecular formula is C11H14ClN3OS. The first-order valence-corrected chi connectivity index (χ1v) is 5.98. The zero-order valence-electron chi connectivity index (χ0n) is 9.34. The maximum Gasteiger partial charge on any atom is 0.241 e. The second-order valence-corrected chi connectivity index (χ2v) is 4.43. The van der Waals surface area contributed by atoms with Crippen LogP contribution in [0.1, 0.15) is 13.3 Å². The van der Waals surface area contributed by atoms with Crippen molar-refractivity contribution < 1.29 is 4.79 Å². The van der Waals surface area contributed by atoms with Gasteiger partial charge in [0.25, 0.3) is 0 Å². The molecule has 2 rings (SSSR count). The topological polar surface area (TPSA) is 68.0 Å². The highest BCUT2D eigenvalue weighted by atomic mass is 35.5. The summed E-state index contributed by atoms with van der Waals surface area (Å²) < 4.78 is 1.06. The summed E-state index contributed by atoms with van der Waals surface area (Å²) in [6.07, 6.45) is 0.634. The van der Waals surface area contributed by atoms with Gasteiger partial charge in [0.1, 0.15) is 0 Å². The molecule has 3 N–H and O–H groups in total. The molecular weight excluding hydrogens is 258 g/mol. The van der Waals surface area contributed by atoms with Gasteiger partial charge >= 0.3 is 0 Å². The Balaban J connectivity index is 0.00000144. The lowest BCUT2D eigenvalue weighted by Gasteiger charge is -2.09. The van der Waals surface area contributed by atoms with E-state index in [-0.39, 0.29) is 18.3 Å². The number of anilines is 1. The lowest BCUT2D eigenvalue weighted by atomic mass is 10.2. The van der Waals surface area contributed by atoms with Crippen molar-refractivity contribution in [3.8, 4) is 0 Å². The number of rotatable bonds is 3. The summed E-state index contributed by atoms with van der Waals surface area (Å²) in [5, 5.41) is 2.79. The Kier molecular flexibility index (Phi) is 4.86. The number of hydrogen-bond donors (Lipinski definition) is 2. The minimum absolute atomic E-state index is 0. The second kappa shape index (κ2) is 5.95. The van der Waals surface area contributed by atoms with Crippen molar-refractivity contribution in [1.29, 1.82) is 0 Å². The summed E-state index contributed by atoms with van der Waals surface area (Å²) >= 11 is 1.55. The minimum Gasteiger partial charge on any atom is -0.325 e. The van der Waals surface area contributed by atoms with Gasteiger partial charge in [0, 0.05) is 5.69 Å². The molecule has 0 bridgehead atoms. The zero-order chi connectivity index (χ0) is 11.5. The van der Waals surface area contributed by atoms with Crippen LogP contribution in [-0.4, -0.2) is 16.9 Å². The Morgan fingerprint density at radius 2 is 2.35 bits per heavy atom. The largest absolute Gasteiger partial charge is 0.325 e. The van der Waals surface area contributed by atoms with Crippen molar-refractivity contribution >= 4 is 45.6 Å². The van der Waals surface area contributed by atoms with E-state index in [1.807, 2.05) is 25.1 Å². The Labute approximate surface area is 110 Å². The van der Waals surface area contributed by atoms with Crippen molar-refractivity contribution in [2.75, 3.05) is 5.32 Å². The van der Waals surface area contributed by atoms with E-state index in [1.54, 1.807) is 16.8 Å². The number of nitrogens with one attached hydrogen (secondary N) is 1. The van der Waals surface area contributed by atoms with Gasteiger partial charge in [0.15, 0.2) is 0 Å². The van der Waals surface area contributed by atoms with Crippen LogP contribution in [-0.2, 0) is 4.79 Å². The van der Waals surface area contributed by atoms with Crippen molar-refractivity contribution in [1.82, 2.24) is 4.98 Å². The molecule has 0 saturated carbocycles. The van der Waals surface area contributed by atoms with Crippen LogP contribution < -0.4 is 11.1 Å². The number of halogens is 1. The third kappa shape index (κ3) is 3.15. The van der Waals surface area contributed by atoms with Crippen LogP contribution in [0.2, 0.25) is 0 Å². The Morgan fingerprint density at radius 3 is 3.06 bits per heavy atom. The number of nitrogens with two attached hydrogens (primary N) is 1. The lowest BCUT2D eigenvalue weighted by molar-refractivity contribution is -0.117. The predicted octanol–water partition coefficient (Wildman–Crippen LogP) is 2.39. The SMILES string of the molecule is CC[C@H](N)C(=O)Nc1ccc2ncsc2c1.Cl. The van der Waals surface area contributed by atoms with Gasteiger partial charge in [0.05, 0.1) is 21.8 Å². The average Bonchev–Trinajstić information content (AvgIpc) is 2.75. The third-order valence-corrected chi connectivity index (χ3v) is 3.17. The lowest BCUT2D eigenvalue weighted by Crippen LogP contribution is -2.34. The van der Waals surface area contributed by atoms with E-state index in [0.29, 0.717) is 6.42 Å². The molecule has 1 aromatic carbocycles. The van der Waals surface area contributed by atoms with Crippen molar-refractivity contribution in [2.24, 2.45) is 5.73 Å². The predicted molar refractivity (Wildman–Crippen MR) is 73.8 cm³/mol. The number of hydrogen-bond acceptors (Lipinski definition) is 4. The fourth-order valence-corrected chi connectivity index (χ4v) is 2.07. The van der Waals surface area contributed by atoms with Gasteiger partial charge in [0.2, 0.25) is 5.91 Å². The van der Waals surface area contributed by atoms with Crippen LogP contribution >= 0.6 is 23.7 Å². The normalized spacial score (nSPS) is 11.9. The quantitative estimate of drug-likeness (QED) is 0.901. The van der Waals surface area contributed by atoms with Gasteiger partial charge in [-0.15, -0.1) is 23.7 Å². The summed E-state index contributed by atoms with van der Waals surface area (Å²) in [7, 11) is 0. The molecule has 0 fully saturated rings. The molecule has 6 heteroatoms. The number of aromatic nitrogens is 1. The molecule has 0 unspecified atom stereocenters. The van der Waals surface area contributed by atoms with Gasteiger partial charge < -0.3 is 11.1 Å². The molecule has 2 aromatic rings. The van der Waals surface area contributed by atoms with Crippen LogP contribution in [0.3, 0.4) is 0 Å². The molecule has 92 valence electrons. The van der Waals surface area contributed by atoms with Crippen LogP contribution in [0.25, 0.3) is 10.2 Å². The van der Waals surface area contributed by atoms with E-state index in [0.717, 1.165) is 15.9 Å². The zero-order valence-corrected chi connectivity index (χ0v) is 11.0.